The molecule has 0 aromatic heterocycles. The lowest BCUT2D eigenvalue weighted by Gasteiger charge is -2.33. The summed E-state index contributed by atoms with van der Waals surface area (Å²) in [5.74, 6) is -0.170. The predicted octanol–water partition coefficient (Wildman–Crippen LogP) is 5.13. The molecule has 3 aromatic carbocycles. The Labute approximate surface area is 250 Å². The van der Waals surface area contributed by atoms with E-state index in [9.17, 15) is 18.0 Å². The van der Waals surface area contributed by atoms with Gasteiger partial charge in [0, 0.05) is 13.1 Å². The van der Waals surface area contributed by atoms with E-state index in [1.54, 1.807) is 24.3 Å². The minimum Gasteiger partial charge on any atom is -0.495 e. The normalized spacial score (nSPS) is 12.1. The number of hydrogen-bond acceptors (Lipinski definition) is 5. The number of sulfonamides is 1. The second-order valence-corrected chi connectivity index (χ2v) is 12.7. The highest BCUT2D eigenvalue weighted by atomic mass is 32.2. The number of benzene rings is 3. The summed E-state index contributed by atoms with van der Waals surface area (Å²) in [6.45, 7) is 9.81. The first-order valence-electron chi connectivity index (χ1n) is 14.3. The molecule has 9 heteroatoms. The number of nitrogens with one attached hydrogen (secondary N) is 1. The molecule has 0 bridgehead atoms. The molecule has 0 saturated heterocycles. The lowest BCUT2D eigenvalue weighted by Crippen LogP contribution is -2.53. The molecule has 0 unspecified atom stereocenters. The molecule has 42 heavy (non-hydrogen) atoms. The Hall–Kier alpha value is -3.85. The Morgan fingerprint density at radius 3 is 2.17 bits per heavy atom. The van der Waals surface area contributed by atoms with Gasteiger partial charge in [0.05, 0.1) is 17.7 Å². The summed E-state index contributed by atoms with van der Waals surface area (Å²) < 4.78 is 34.9. The summed E-state index contributed by atoms with van der Waals surface area (Å²) in [5, 5.41) is 2.95. The van der Waals surface area contributed by atoms with Crippen molar-refractivity contribution >= 4 is 27.5 Å². The zero-order chi connectivity index (χ0) is 30.9. The quantitative estimate of drug-likeness (QED) is 0.280. The highest BCUT2D eigenvalue weighted by Gasteiger charge is 2.34. The molecule has 3 rings (SSSR count). The molecule has 226 valence electrons. The predicted molar refractivity (Wildman–Crippen MR) is 167 cm³/mol. The Morgan fingerprint density at radius 2 is 1.57 bits per heavy atom. The van der Waals surface area contributed by atoms with Crippen LogP contribution in [0, 0.1) is 19.8 Å². The van der Waals surface area contributed by atoms with Crippen molar-refractivity contribution < 1.29 is 22.7 Å². The number of anilines is 1. The molecule has 2 amide bonds. The van der Waals surface area contributed by atoms with E-state index < -0.39 is 28.5 Å². The van der Waals surface area contributed by atoms with Crippen LogP contribution in [-0.2, 0) is 26.0 Å². The highest BCUT2D eigenvalue weighted by molar-refractivity contribution is 7.92. The van der Waals surface area contributed by atoms with Crippen molar-refractivity contribution in [3.05, 3.63) is 89.5 Å². The van der Waals surface area contributed by atoms with E-state index in [2.05, 4.69) is 5.32 Å². The van der Waals surface area contributed by atoms with Gasteiger partial charge in [0.1, 0.15) is 18.3 Å². The average molecular weight is 594 g/mol. The molecule has 0 heterocycles. The first kappa shape index (κ1) is 32.7. The zero-order valence-corrected chi connectivity index (χ0v) is 26.3. The molecule has 0 radical (unpaired) electrons. The SMILES string of the molecule is CC[C@H](C(=O)NCC(C)C)N(CCc1ccccc1)C(=O)CN(c1cc(C)ccc1OC)S(=O)(=O)c1ccc(C)cc1. The van der Waals surface area contributed by atoms with E-state index in [4.69, 9.17) is 4.74 Å². The van der Waals surface area contributed by atoms with Crippen molar-refractivity contribution in [2.45, 2.75) is 58.4 Å². The standard InChI is InChI=1S/C33H43N3O5S/c1-7-29(33(38)34-22-24(2)3)35(20-19-27-11-9-8-10-12-27)32(37)23-36(30-21-26(5)15-18-31(30)41-6)42(39,40)28-16-13-25(4)14-17-28/h8-18,21,24,29H,7,19-20,22-23H2,1-6H3,(H,34,38)/t29-/m1/s1. The molecular formula is C33H43N3O5S. The van der Waals surface area contributed by atoms with E-state index in [1.165, 1.54) is 24.1 Å². The van der Waals surface area contributed by atoms with Crippen molar-refractivity contribution in [2.24, 2.45) is 5.92 Å². The van der Waals surface area contributed by atoms with Crippen LogP contribution in [0.2, 0.25) is 0 Å². The van der Waals surface area contributed by atoms with Crippen LogP contribution in [0.1, 0.15) is 43.9 Å². The van der Waals surface area contributed by atoms with Crippen LogP contribution in [0.4, 0.5) is 5.69 Å². The van der Waals surface area contributed by atoms with Crippen LogP contribution < -0.4 is 14.4 Å². The third-order valence-corrected chi connectivity index (χ3v) is 8.82. The summed E-state index contributed by atoms with van der Waals surface area (Å²) in [4.78, 5) is 29.1. The zero-order valence-electron chi connectivity index (χ0n) is 25.5. The van der Waals surface area contributed by atoms with Gasteiger partial charge >= 0.3 is 0 Å². The van der Waals surface area contributed by atoms with Crippen LogP contribution in [0.25, 0.3) is 0 Å². The summed E-state index contributed by atoms with van der Waals surface area (Å²) in [7, 11) is -2.72. The molecule has 0 spiro atoms. The van der Waals surface area contributed by atoms with Crippen LogP contribution in [0.3, 0.4) is 0 Å². The van der Waals surface area contributed by atoms with Crippen molar-refractivity contribution in [2.75, 3.05) is 31.0 Å². The Kier molecular flexibility index (Phi) is 11.6. The maximum absolute atomic E-state index is 14.2. The highest BCUT2D eigenvalue weighted by Crippen LogP contribution is 2.33. The van der Waals surface area contributed by atoms with Gasteiger partial charge in [0.25, 0.3) is 10.0 Å². The maximum atomic E-state index is 14.2. The first-order chi connectivity index (χ1) is 20.0. The number of ether oxygens (including phenoxy) is 1. The molecule has 8 nitrogen and oxygen atoms in total. The number of hydrogen-bond donors (Lipinski definition) is 1. The van der Waals surface area contributed by atoms with Gasteiger partial charge < -0.3 is 15.0 Å². The number of methoxy groups -OCH3 is 1. The molecule has 1 atom stereocenters. The van der Waals surface area contributed by atoms with Crippen molar-refractivity contribution in [3.63, 3.8) is 0 Å². The van der Waals surface area contributed by atoms with Crippen molar-refractivity contribution in [3.8, 4) is 5.75 Å². The van der Waals surface area contributed by atoms with Gasteiger partial charge in [0.15, 0.2) is 0 Å². The Morgan fingerprint density at radius 1 is 0.929 bits per heavy atom. The van der Waals surface area contributed by atoms with Crippen LogP contribution >= 0.6 is 0 Å². The summed E-state index contributed by atoms with van der Waals surface area (Å²) in [6.07, 6.45) is 0.891. The minimum atomic E-state index is -4.18. The van der Waals surface area contributed by atoms with Gasteiger partial charge in [-0.25, -0.2) is 8.42 Å². The number of carbonyl (C=O) groups is 2. The smallest absolute Gasteiger partial charge is 0.264 e. The van der Waals surface area contributed by atoms with E-state index in [-0.39, 0.29) is 29.0 Å². The Balaban J connectivity index is 2.06. The first-order valence-corrected chi connectivity index (χ1v) is 15.8. The third kappa shape index (κ3) is 8.35. The molecule has 1 N–H and O–H groups in total. The van der Waals surface area contributed by atoms with Crippen LogP contribution in [-0.4, -0.2) is 57.9 Å². The topological polar surface area (TPSA) is 96.0 Å². The lowest BCUT2D eigenvalue weighted by molar-refractivity contribution is -0.139. The summed E-state index contributed by atoms with van der Waals surface area (Å²) >= 11 is 0. The number of nitrogens with zero attached hydrogens (tertiary/aromatic N) is 2. The average Bonchev–Trinajstić information content (AvgIpc) is 2.97. The molecule has 0 saturated carbocycles. The van der Waals surface area contributed by atoms with Gasteiger partial charge in [-0.1, -0.05) is 74.9 Å². The second kappa shape index (κ2) is 14.9. The molecule has 0 aliphatic carbocycles. The number of amides is 2. The lowest BCUT2D eigenvalue weighted by atomic mass is 10.1. The summed E-state index contributed by atoms with van der Waals surface area (Å²) in [5.41, 5.74) is 2.99. The Bertz CT molecular complexity index is 1440. The van der Waals surface area contributed by atoms with Gasteiger partial charge in [-0.15, -0.1) is 0 Å². The van der Waals surface area contributed by atoms with Gasteiger partial charge in [0.2, 0.25) is 11.8 Å². The van der Waals surface area contributed by atoms with Crippen molar-refractivity contribution in [1.29, 1.82) is 0 Å². The fraction of sp³-hybridized carbons (Fsp3) is 0.394. The minimum absolute atomic E-state index is 0.0574. The van der Waals surface area contributed by atoms with Gasteiger partial charge in [-0.3, -0.25) is 13.9 Å². The fourth-order valence-electron chi connectivity index (χ4n) is 4.66. The van der Waals surface area contributed by atoms with E-state index in [0.717, 1.165) is 21.0 Å². The molecule has 0 aliphatic heterocycles. The monoisotopic (exact) mass is 593 g/mol. The largest absolute Gasteiger partial charge is 0.495 e. The second-order valence-electron chi connectivity index (χ2n) is 10.9. The van der Waals surface area contributed by atoms with Crippen LogP contribution in [0.15, 0.2) is 77.7 Å². The van der Waals surface area contributed by atoms with E-state index >= 15 is 0 Å². The molecule has 0 aliphatic rings. The number of carbonyl (C=O) groups excluding carboxylic acids is 2. The number of aryl methyl sites for hydroxylation is 2. The molecule has 3 aromatic rings. The van der Waals surface area contributed by atoms with E-state index in [1.807, 2.05) is 71.0 Å². The van der Waals surface area contributed by atoms with Crippen molar-refractivity contribution in [1.82, 2.24) is 10.2 Å². The van der Waals surface area contributed by atoms with Crippen LogP contribution in [0.5, 0.6) is 5.75 Å². The number of rotatable bonds is 14. The molecular weight excluding hydrogens is 550 g/mol. The third-order valence-electron chi connectivity index (χ3n) is 7.05. The summed E-state index contributed by atoms with van der Waals surface area (Å²) in [6, 6.07) is 20.7. The van der Waals surface area contributed by atoms with Gasteiger partial charge in [-0.05, 0) is 68.0 Å². The fourth-order valence-corrected chi connectivity index (χ4v) is 6.08. The maximum Gasteiger partial charge on any atom is 0.264 e. The van der Waals surface area contributed by atoms with E-state index in [0.29, 0.717) is 25.1 Å². The van der Waals surface area contributed by atoms with Gasteiger partial charge in [-0.2, -0.15) is 0 Å². The molecule has 0 fully saturated rings.